The molecular formula is C14H18N2. The van der Waals surface area contributed by atoms with E-state index >= 15 is 0 Å². The fourth-order valence-electron chi connectivity index (χ4n) is 3.04. The Labute approximate surface area is 96.8 Å². The van der Waals surface area contributed by atoms with Gasteiger partial charge in [0, 0.05) is 18.4 Å². The molecule has 3 rings (SSSR count). The van der Waals surface area contributed by atoms with Crippen LogP contribution in [-0.4, -0.2) is 17.6 Å². The first kappa shape index (κ1) is 10.0. The summed E-state index contributed by atoms with van der Waals surface area (Å²) in [5.41, 5.74) is 2.77. The molecule has 16 heavy (non-hydrogen) atoms. The van der Waals surface area contributed by atoms with Gasteiger partial charge < -0.3 is 5.32 Å². The minimum atomic E-state index is 0.576. The van der Waals surface area contributed by atoms with Gasteiger partial charge in [-0.2, -0.15) is 0 Å². The molecule has 0 bridgehead atoms. The van der Waals surface area contributed by atoms with Crippen LogP contribution in [-0.2, 0) is 0 Å². The summed E-state index contributed by atoms with van der Waals surface area (Å²) in [6, 6.07) is 4.78. The molecule has 2 nitrogen and oxygen atoms in total. The van der Waals surface area contributed by atoms with Gasteiger partial charge in [0.05, 0.1) is 0 Å². The minimum absolute atomic E-state index is 0.576. The predicted octanol–water partition coefficient (Wildman–Crippen LogP) is 2.63. The first-order chi connectivity index (χ1) is 7.95. The smallest absolute Gasteiger partial charge is 0.0352 e. The Morgan fingerprint density at radius 1 is 1.31 bits per heavy atom. The summed E-state index contributed by atoms with van der Waals surface area (Å²) in [4.78, 5) is 4.23. The summed E-state index contributed by atoms with van der Waals surface area (Å²) >= 11 is 0. The summed E-state index contributed by atoms with van der Waals surface area (Å²) in [7, 11) is 0. The quantitative estimate of drug-likeness (QED) is 0.777. The van der Waals surface area contributed by atoms with Gasteiger partial charge in [-0.1, -0.05) is 12.1 Å². The number of aromatic nitrogens is 1. The number of hydrogen-bond acceptors (Lipinski definition) is 2. The highest BCUT2D eigenvalue weighted by Crippen LogP contribution is 2.35. The van der Waals surface area contributed by atoms with Crippen LogP contribution < -0.4 is 5.32 Å². The largest absolute Gasteiger partial charge is 0.310 e. The summed E-state index contributed by atoms with van der Waals surface area (Å²) in [6.45, 7) is 1.17. The minimum Gasteiger partial charge on any atom is -0.310 e. The van der Waals surface area contributed by atoms with Crippen LogP contribution in [0.15, 0.2) is 30.6 Å². The molecule has 2 heteroatoms. The Morgan fingerprint density at radius 2 is 2.31 bits per heavy atom. The van der Waals surface area contributed by atoms with Crippen molar-refractivity contribution in [1.82, 2.24) is 10.3 Å². The van der Waals surface area contributed by atoms with E-state index in [1.54, 1.807) is 0 Å². The first-order valence-corrected chi connectivity index (χ1v) is 6.29. The third-order valence-electron chi connectivity index (χ3n) is 3.82. The van der Waals surface area contributed by atoms with Gasteiger partial charge in [0.25, 0.3) is 0 Å². The highest BCUT2D eigenvalue weighted by atomic mass is 14.9. The van der Waals surface area contributed by atoms with E-state index in [1.165, 1.54) is 43.4 Å². The van der Waals surface area contributed by atoms with Crippen molar-refractivity contribution in [3.63, 3.8) is 0 Å². The predicted molar refractivity (Wildman–Crippen MR) is 66.0 cm³/mol. The van der Waals surface area contributed by atoms with E-state index in [0.29, 0.717) is 6.04 Å². The van der Waals surface area contributed by atoms with Crippen LogP contribution in [0.3, 0.4) is 0 Å². The molecule has 84 valence electrons. The summed E-state index contributed by atoms with van der Waals surface area (Å²) in [5, 5.41) is 3.67. The maximum Gasteiger partial charge on any atom is 0.0352 e. The molecule has 2 aliphatic rings. The van der Waals surface area contributed by atoms with Crippen molar-refractivity contribution in [2.24, 2.45) is 5.92 Å². The fourth-order valence-corrected chi connectivity index (χ4v) is 3.04. The van der Waals surface area contributed by atoms with Crippen LogP contribution in [0.4, 0.5) is 0 Å². The Morgan fingerprint density at radius 3 is 3.19 bits per heavy atom. The highest BCUT2D eigenvalue weighted by Gasteiger charge is 2.30. The summed E-state index contributed by atoms with van der Waals surface area (Å²) < 4.78 is 0. The molecule has 1 saturated heterocycles. The van der Waals surface area contributed by atoms with Crippen molar-refractivity contribution in [2.45, 2.75) is 31.7 Å². The van der Waals surface area contributed by atoms with E-state index in [0.717, 1.165) is 5.92 Å². The molecule has 1 fully saturated rings. The van der Waals surface area contributed by atoms with Gasteiger partial charge >= 0.3 is 0 Å². The van der Waals surface area contributed by atoms with Gasteiger partial charge in [-0.25, -0.2) is 0 Å². The standard InChI is InChI=1S/C14H18N2/c1-4-11-5-3-9-16-14(11)13(7-1)12-6-2-8-15-10-12/h2,6-8,10-11,14,16H,1,3-5,9H2/t11-,14+/m0/s1. The molecule has 0 amide bonds. The highest BCUT2D eigenvalue weighted by molar-refractivity contribution is 5.70. The van der Waals surface area contributed by atoms with Crippen LogP contribution >= 0.6 is 0 Å². The van der Waals surface area contributed by atoms with E-state index in [9.17, 15) is 0 Å². The number of rotatable bonds is 1. The Kier molecular flexibility index (Phi) is 2.75. The average Bonchev–Trinajstić information content (AvgIpc) is 2.39. The normalized spacial score (nSPS) is 29.4. The maximum absolute atomic E-state index is 4.23. The third kappa shape index (κ3) is 1.78. The second kappa shape index (κ2) is 4.38. The monoisotopic (exact) mass is 214 g/mol. The van der Waals surface area contributed by atoms with Gasteiger partial charge in [-0.05, 0) is 55.3 Å². The average molecular weight is 214 g/mol. The van der Waals surface area contributed by atoms with E-state index < -0.39 is 0 Å². The summed E-state index contributed by atoms with van der Waals surface area (Å²) in [5.74, 6) is 0.842. The lowest BCUT2D eigenvalue weighted by Gasteiger charge is -2.37. The Bertz CT molecular complexity index is 383. The molecule has 2 atom stereocenters. The van der Waals surface area contributed by atoms with Crippen molar-refractivity contribution >= 4 is 5.57 Å². The number of piperidine rings is 1. The molecule has 0 spiro atoms. The Balaban J connectivity index is 1.91. The van der Waals surface area contributed by atoms with E-state index in [2.05, 4.69) is 22.4 Å². The second-order valence-corrected chi connectivity index (χ2v) is 4.81. The van der Waals surface area contributed by atoms with Gasteiger partial charge in [-0.15, -0.1) is 0 Å². The van der Waals surface area contributed by atoms with Gasteiger partial charge in [0.1, 0.15) is 0 Å². The molecule has 1 aliphatic heterocycles. The lowest BCUT2D eigenvalue weighted by Crippen LogP contribution is -2.43. The Hall–Kier alpha value is -1.15. The number of hydrogen-bond donors (Lipinski definition) is 1. The SMILES string of the molecule is C1=C(c2cccnc2)[C@@H]2NCCC[C@@H]2CC1. The zero-order chi connectivity index (χ0) is 10.8. The van der Waals surface area contributed by atoms with Crippen molar-refractivity contribution < 1.29 is 0 Å². The molecule has 0 radical (unpaired) electrons. The molecule has 0 unspecified atom stereocenters. The van der Waals surface area contributed by atoms with Gasteiger partial charge in [0.15, 0.2) is 0 Å². The zero-order valence-corrected chi connectivity index (χ0v) is 9.52. The van der Waals surface area contributed by atoms with Crippen molar-refractivity contribution in [1.29, 1.82) is 0 Å². The number of nitrogens with one attached hydrogen (secondary N) is 1. The van der Waals surface area contributed by atoms with Crippen molar-refractivity contribution in [3.05, 3.63) is 36.2 Å². The molecule has 0 saturated carbocycles. The van der Waals surface area contributed by atoms with E-state index in [4.69, 9.17) is 0 Å². The molecule has 1 aromatic heterocycles. The topological polar surface area (TPSA) is 24.9 Å². The van der Waals surface area contributed by atoms with Crippen molar-refractivity contribution in [2.75, 3.05) is 6.54 Å². The maximum atomic E-state index is 4.23. The van der Waals surface area contributed by atoms with Crippen LogP contribution in [0.5, 0.6) is 0 Å². The number of nitrogens with zero attached hydrogens (tertiary/aromatic N) is 1. The molecule has 0 aromatic carbocycles. The summed E-state index contributed by atoms with van der Waals surface area (Å²) in [6.07, 6.45) is 11.5. The molecule has 2 heterocycles. The van der Waals surface area contributed by atoms with Crippen LogP contribution in [0.2, 0.25) is 0 Å². The zero-order valence-electron chi connectivity index (χ0n) is 9.52. The van der Waals surface area contributed by atoms with Crippen LogP contribution in [0, 0.1) is 5.92 Å². The molecule has 1 N–H and O–H groups in total. The van der Waals surface area contributed by atoms with Gasteiger partial charge in [-0.3, -0.25) is 4.98 Å². The molecule has 1 aliphatic carbocycles. The lowest BCUT2D eigenvalue weighted by molar-refractivity contribution is 0.304. The van der Waals surface area contributed by atoms with Gasteiger partial charge in [0.2, 0.25) is 0 Å². The van der Waals surface area contributed by atoms with Crippen LogP contribution in [0.25, 0.3) is 5.57 Å². The molecule has 1 aromatic rings. The number of allylic oxidation sites excluding steroid dienone is 1. The second-order valence-electron chi connectivity index (χ2n) is 4.81. The third-order valence-corrected chi connectivity index (χ3v) is 3.82. The first-order valence-electron chi connectivity index (χ1n) is 6.29. The molecular weight excluding hydrogens is 196 g/mol. The van der Waals surface area contributed by atoms with E-state index in [-0.39, 0.29) is 0 Å². The number of fused-ring (bicyclic) bond motifs is 1. The van der Waals surface area contributed by atoms with Crippen LogP contribution in [0.1, 0.15) is 31.2 Å². The van der Waals surface area contributed by atoms with E-state index in [1.807, 2.05) is 18.5 Å². The number of pyridine rings is 1. The fraction of sp³-hybridized carbons (Fsp3) is 0.500. The van der Waals surface area contributed by atoms with Crippen molar-refractivity contribution in [3.8, 4) is 0 Å². The lowest BCUT2D eigenvalue weighted by atomic mass is 9.77.